The summed E-state index contributed by atoms with van der Waals surface area (Å²) in [6.45, 7) is 10.2. The maximum atomic E-state index is 10.1. The van der Waals surface area contributed by atoms with Crippen molar-refractivity contribution >= 4 is 0 Å². The highest BCUT2D eigenvalue weighted by molar-refractivity contribution is 5.24. The average molecular weight is 413 g/mol. The van der Waals surface area contributed by atoms with E-state index in [2.05, 4.69) is 13.8 Å². The summed E-state index contributed by atoms with van der Waals surface area (Å²) in [5.74, 6) is 3.10. The predicted octanol–water partition coefficient (Wildman–Crippen LogP) is 6.67. The smallest absolute Gasteiger partial charge is 0.0930 e. The van der Waals surface area contributed by atoms with E-state index < -0.39 is 0 Å². The standard InChI is InChI=1S/C28H44O2/c1-19-15-28(14-13-27(18-28)11-6-9-21(27)17-29)24-26(3,30-24)12-10-23-22(19)16-25(23,2)20-7-4-5-8-20/h20-24,29H,1,4-18H2,2-3H3. The van der Waals surface area contributed by atoms with Crippen LogP contribution >= 0.6 is 0 Å². The van der Waals surface area contributed by atoms with Crippen LogP contribution in [0.15, 0.2) is 12.2 Å². The normalized spacial score (nSPS) is 55.8. The summed E-state index contributed by atoms with van der Waals surface area (Å²) in [5, 5.41) is 10.1. The number of fused-ring (bicyclic) bond motifs is 3. The quantitative estimate of drug-likeness (QED) is 0.406. The summed E-state index contributed by atoms with van der Waals surface area (Å²) in [5.41, 5.74) is 2.95. The fraction of sp³-hybridized carbons (Fsp3) is 0.929. The number of hydrogen-bond acceptors (Lipinski definition) is 2. The van der Waals surface area contributed by atoms with Gasteiger partial charge in [0.15, 0.2) is 0 Å². The molecule has 30 heavy (non-hydrogen) atoms. The van der Waals surface area contributed by atoms with Gasteiger partial charge in [0.05, 0.1) is 11.7 Å². The van der Waals surface area contributed by atoms with E-state index in [0.717, 1.165) is 17.8 Å². The molecule has 1 N–H and O–H groups in total. The topological polar surface area (TPSA) is 32.8 Å². The fourth-order valence-corrected chi connectivity index (χ4v) is 10.2. The van der Waals surface area contributed by atoms with Crippen LogP contribution in [-0.2, 0) is 4.74 Å². The summed E-state index contributed by atoms with van der Waals surface area (Å²) in [7, 11) is 0. The van der Waals surface area contributed by atoms with Crippen molar-refractivity contribution in [2.24, 2.45) is 39.9 Å². The van der Waals surface area contributed by atoms with Crippen LogP contribution < -0.4 is 0 Å². The van der Waals surface area contributed by atoms with E-state index in [1.54, 1.807) is 5.57 Å². The summed E-state index contributed by atoms with van der Waals surface area (Å²) in [4.78, 5) is 0. The van der Waals surface area contributed by atoms with Gasteiger partial charge in [0.2, 0.25) is 0 Å². The Morgan fingerprint density at radius 3 is 2.50 bits per heavy atom. The molecule has 2 heteroatoms. The first-order valence-corrected chi connectivity index (χ1v) is 13.3. The number of aliphatic hydroxyl groups is 1. The molecule has 0 aromatic rings. The highest BCUT2D eigenvalue weighted by Gasteiger charge is 2.69. The van der Waals surface area contributed by atoms with Crippen LogP contribution in [-0.4, -0.2) is 23.4 Å². The van der Waals surface area contributed by atoms with E-state index in [0.29, 0.717) is 34.9 Å². The van der Waals surface area contributed by atoms with Crippen LogP contribution in [0.3, 0.4) is 0 Å². The van der Waals surface area contributed by atoms with Crippen molar-refractivity contribution in [3.63, 3.8) is 0 Å². The largest absolute Gasteiger partial charge is 0.396 e. The number of epoxide rings is 1. The first-order chi connectivity index (χ1) is 14.3. The Balaban J connectivity index is 1.28. The molecule has 0 radical (unpaired) electrons. The van der Waals surface area contributed by atoms with Gasteiger partial charge in [0, 0.05) is 12.0 Å². The van der Waals surface area contributed by atoms with E-state index in [1.807, 2.05) is 0 Å². The third kappa shape index (κ3) is 2.68. The molecule has 1 saturated heterocycles. The molecular formula is C28H44O2. The van der Waals surface area contributed by atoms with Crippen LogP contribution in [0.4, 0.5) is 0 Å². The molecule has 6 aliphatic rings. The lowest BCUT2D eigenvalue weighted by Gasteiger charge is -2.58. The molecule has 8 atom stereocenters. The van der Waals surface area contributed by atoms with Gasteiger partial charge in [0.25, 0.3) is 0 Å². The van der Waals surface area contributed by atoms with Gasteiger partial charge in [-0.25, -0.2) is 0 Å². The van der Waals surface area contributed by atoms with E-state index >= 15 is 0 Å². The minimum Gasteiger partial charge on any atom is -0.396 e. The van der Waals surface area contributed by atoms with E-state index in [9.17, 15) is 5.11 Å². The number of allylic oxidation sites excluding steroid dienone is 1. The number of rotatable bonds is 2. The SMILES string of the molecule is C=C1CC2(CCC3(CCCC3CO)C2)C2OC2(C)CCC2C1CC2(C)C1CCCC1. The van der Waals surface area contributed by atoms with E-state index in [-0.39, 0.29) is 5.60 Å². The molecule has 6 rings (SSSR count). The van der Waals surface area contributed by atoms with Crippen LogP contribution in [0.5, 0.6) is 0 Å². The monoisotopic (exact) mass is 412 g/mol. The lowest BCUT2D eigenvalue weighted by atomic mass is 9.46. The molecule has 0 bridgehead atoms. The van der Waals surface area contributed by atoms with Gasteiger partial charge in [-0.3, -0.25) is 0 Å². The Bertz CT molecular complexity index is 724. The van der Waals surface area contributed by atoms with Gasteiger partial charge in [-0.05, 0) is 112 Å². The molecule has 2 nitrogen and oxygen atoms in total. The fourth-order valence-electron chi connectivity index (χ4n) is 10.2. The lowest BCUT2D eigenvalue weighted by molar-refractivity contribution is -0.0684. The maximum absolute atomic E-state index is 10.1. The molecule has 168 valence electrons. The van der Waals surface area contributed by atoms with E-state index in [4.69, 9.17) is 11.3 Å². The zero-order valence-corrected chi connectivity index (χ0v) is 19.6. The first kappa shape index (κ1) is 20.3. The minimum atomic E-state index is 0.111. The molecule has 0 amide bonds. The summed E-state index contributed by atoms with van der Waals surface area (Å²) >= 11 is 0. The molecule has 8 unspecified atom stereocenters. The first-order valence-electron chi connectivity index (χ1n) is 13.3. The van der Waals surface area contributed by atoms with Crippen molar-refractivity contribution < 1.29 is 9.84 Å². The molecule has 6 fully saturated rings. The van der Waals surface area contributed by atoms with Gasteiger partial charge < -0.3 is 9.84 Å². The molecular weight excluding hydrogens is 368 g/mol. The second-order valence-corrected chi connectivity index (χ2v) is 13.3. The maximum Gasteiger partial charge on any atom is 0.0930 e. The number of ether oxygens (including phenoxy) is 1. The molecule has 0 aromatic carbocycles. The van der Waals surface area contributed by atoms with Gasteiger partial charge in [-0.1, -0.05) is 38.3 Å². The van der Waals surface area contributed by atoms with Crippen LogP contribution in [0.1, 0.15) is 104 Å². The number of aliphatic hydroxyl groups excluding tert-OH is 1. The van der Waals surface area contributed by atoms with Crippen LogP contribution in [0, 0.1) is 39.9 Å². The highest BCUT2D eigenvalue weighted by atomic mass is 16.6. The third-order valence-corrected chi connectivity index (χ3v) is 11.9. The zero-order valence-electron chi connectivity index (χ0n) is 19.6. The molecule has 5 saturated carbocycles. The van der Waals surface area contributed by atoms with Gasteiger partial charge >= 0.3 is 0 Å². The Kier molecular flexibility index (Phi) is 4.46. The van der Waals surface area contributed by atoms with Gasteiger partial charge in [-0.2, -0.15) is 0 Å². The van der Waals surface area contributed by atoms with Gasteiger partial charge in [0.1, 0.15) is 0 Å². The average Bonchev–Trinajstić information content (AvgIpc) is 3.16. The Morgan fingerprint density at radius 1 is 0.967 bits per heavy atom. The molecule has 0 aromatic heterocycles. The van der Waals surface area contributed by atoms with Crippen molar-refractivity contribution in [2.75, 3.05) is 6.61 Å². The van der Waals surface area contributed by atoms with E-state index in [1.165, 1.54) is 89.9 Å². The van der Waals surface area contributed by atoms with Crippen molar-refractivity contribution in [1.82, 2.24) is 0 Å². The Labute approximate surface area is 184 Å². The highest BCUT2D eigenvalue weighted by Crippen LogP contribution is 2.71. The second kappa shape index (κ2) is 6.60. The summed E-state index contributed by atoms with van der Waals surface area (Å²) in [6.07, 6.45) is 19.3. The lowest BCUT2D eigenvalue weighted by Crippen LogP contribution is -2.51. The van der Waals surface area contributed by atoms with Crippen LogP contribution in [0.2, 0.25) is 0 Å². The zero-order chi connectivity index (χ0) is 20.8. The van der Waals surface area contributed by atoms with Gasteiger partial charge in [-0.15, -0.1) is 0 Å². The Morgan fingerprint density at radius 2 is 1.73 bits per heavy atom. The Hall–Kier alpha value is -0.340. The molecule has 1 aliphatic heterocycles. The number of hydrogen-bond donors (Lipinski definition) is 1. The summed E-state index contributed by atoms with van der Waals surface area (Å²) in [6, 6.07) is 0. The van der Waals surface area contributed by atoms with Crippen molar-refractivity contribution in [1.29, 1.82) is 0 Å². The second-order valence-electron chi connectivity index (χ2n) is 13.3. The minimum absolute atomic E-state index is 0.111. The third-order valence-electron chi connectivity index (χ3n) is 11.9. The molecule has 2 spiro atoms. The van der Waals surface area contributed by atoms with Crippen molar-refractivity contribution in [2.45, 2.75) is 115 Å². The predicted molar refractivity (Wildman–Crippen MR) is 121 cm³/mol. The molecule has 1 heterocycles. The van der Waals surface area contributed by atoms with Crippen LogP contribution in [0.25, 0.3) is 0 Å². The van der Waals surface area contributed by atoms with Crippen molar-refractivity contribution in [3.8, 4) is 0 Å². The summed E-state index contributed by atoms with van der Waals surface area (Å²) < 4.78 is 6.64. The van der Waals surface area contributed by atoms with Crippen molar-refractivity contribution in [3.05, 3.63) is 12.2 Å². The molecule has 5 aliphatic carbocycles.